The molecule has 144 valence electrons. The third-order valence-corrected chi connectivity index (χ3v) is 4.45. The number of benzene rings is 2. The first-order valence-electron chi connectivity index (χ1n) is 8.80. The monoisotopic (exact) mass is 379 g/mol. The van der Waals surface area contributed by atoms with Crippen molar-refractivity contribution in [3.8, 4) is 0 Å². The number of carbonyl (C=O) groups is 1. The van der Waals surface area contributed by atoms with Gasteiger partial charge in [0.15, 0.2) is 0 Å². The predicted molar refractivity (Wildman–Crippen MR) is 106 cm³/mol. The van der Waals surface area contributed by atoms with E-state index in [4.69, 9.17) is 0 Å². The molecule has 2 amide bonds. The number of urea groups is 1. The highest BCUT2D eigenvalue weighted by Gasteiger charge is 2.13. The third-order valence-electron chi connectivity index (χ3n) is 4.45. The lowest BCUT2D eigenvalue weighted by Gasteiger charge is -2.09. The highest BCUT2D eigenvalue weighted by Crippen LogP contribution is 2.17. The van der Waals surface area contributed by atoms with E-state index in [1.165, 1.54) is 18.2 Å². The molecule has 0 aliphatic rings. The average Bonchev–Trinajstić information content (AvgIpc) is 2.94. The SMILES string of the molecule is Cc1nn(Cc2ccccc2)c(C)c1CNC(=O)Nc1cccc([N+](=O)[O-])c1. The molecule has 2 N–H and O–H groups in total. The summed E-state index contributed by atoms with van der Waals surface area (Å²) < 4.78 is 1.92. The van der Waals surface area contributed by atoms with E-state index in [0.717, 1.165) is 22.5 Å². The molecule has 0 saturated carbocycles. The van der Waals surface area contributed by atoms with E-state index in [0.29, 0.717) is 18.8 Å². The quantitative estimate of drug-likeness (QED) is 0.502. The Balaban J connectivity index is 1.63. The first kappa shape index (κ1) is 19.1. The number of amides is 2. The minimum atomic E-state index is -0.503. The molecule has 1 aromatic heterocycles. The minimum absolute atomic E-state index is 0.0772. The number of nitrogens with one attached hydrogen (secondary N) is 2. The van der Waals surface area contributed by atoms with Gasteiger partial charge in [0.05, 0.1) is 17.2 Å². The number of carbonyl (C=O) groups excluding carboxylic acids is 1. The molecule has 8 nitrogen and oxygen atoms in total. The van der Waals surface area contributed by atoms with E-state index in [2.05, 4.69) is 15.7 Å². The largest absolute Gasteiger partial charge is 0.334 e. The van der Waals surface area contributed by atoms with Crippen molar-refractivity contribution < 1.29 is 9.72 Å². The van der Waals surface area contributed by atoms with Crippen LogP contribution in [0.3, 0.4) is 0 Å². The summed E-state index contributed by atoms with van der Waals surface area (Å²) >= 11 is 0. The highest BCUT2D eigenvalue weighted by molar-refractivity contribution is 5.89. The molecule has 2 aromatic carbocycles. The van der Waals surface area contributed by atoms with Gasteiger partial charge in [0, 0.05) is 35.6 Å². The van der Waals surface area contributed by atoms with Gasteiger partial charge in [0.2, 0.25) is 0 Å². The molecule has 0 saturated heterocycles. The summed E-state index contributed by atoms with van der Waals surface area (Å²) in [4.78, 5) is 22.5. The molecule has 0 atom stereocenters. The van der Waals surface area contributed by atoms with Crippen LogP contribution in [0.25, 0.3) is 0 Å². The molecule has 1 heterocycles. The molecule has 0 spiro atoms. The number of aryl methyl sites for hydroxylation is 1. The molecule has 3 rings (SSSR count). The molecule has 0 aliphatic carbocycles. The van der Waals surface area contributed by atoms with Crippen LogP contribution in [0.2, 0.25) is 0 Å². The third kappa shape index (κ3) is 4.53. The number of rotatable bonds is 6. The second kappa shape index (κ2) is 8.34. The lowest BCUT2D eigenvalue weighted by atomic mass is 10.2. The van der Waals surface area contributed by atoms with Gasteiger partial charge in [0.1, 0.15) is 0 Å². The Morgan fingerprint density at radius 1 is 1.14 bits per heavy atom. The van der Waals surface area contributed by atoms with Crippen molar-refractivity contribution in [2.45, 2.75) is 26.9 Å². The summed E-state index contributed by atoms with van der Waals surface area (Å²) in [6, 6.07) is 15.4. The van der Waals surface area contributed by atoms with E-state index in [-0.39, 0.29) is 5.69 Å². The van der Waals surface area contributed by atoms with Gasteiger partial charge in [0.25, 0.3) is 5.69 Å². The first-order valence-corrected chi connectivity index (χ1v) is 8.80. The molecule has 8 heteroatoms. The zero-order valence-electron chi connectivity index (χ0n) is 15.7. The fourth-order valence-electron chi connectivity index (χ4n) is 2.94. The van der Waals surface area contributed by atoms with Crippen LogP contribution < -0.4 is 10.6 Å². The predicted octanol–water partition coefficient (Wildman–Crippen LogP) is 3.78. The topological polar surface area (TPSA) is 102 Å². The number of nitro groups is 1. The fraction of sp³-hybridized carbons (Fsp3) is 0.200. The molecular weight excluding hydrogens is 358 g/mol. The summed E-state index contributed by atoms with van der Waals surface area (Å²) in [5, 5.41) is 20.8. The van der Waals surface area contributed by atoms with Crippen molar-refractivity contribution in [1.82, 2.24) is 15.1 Å². The zero-order valence-corrected chi connectivity index (χ0v) is 15.7. The van der Waals surface area contributed by atoms with Crippen LogP contribution in [0.15, 0.2) is 54.6 Å². The Hall–Kier alpha value is -3.68. The van der Waals surface area contributed by atoms with Gasteiger partial charge >= 0.3 is 6.03 Å². The maximum absolute atomic E-state index is 12.2. The molecule has 0 bridgehead atoms. The van der Waals surface area contributed by atoms with Crippen LogP contribution in [-0.2, 0) is 13.1 Å². The number of nitrogens with zero attached hydrogens (tertiary/aromatic N) is 3. The molecule has 3 aromatic rings. The van der Waals surface area contributed by atoms with E-state index >= 15 is 0 Å². The van der Waals surface area contributed by atoms with Crippen LogP contribution in [-0.4, -0.2) is 20.7 Å². The van der Waals surface area contributed by atoms with E-state index < -0.39 is 11.0 Å². The van der Waals surface area contributed by atoms with Gasteiger partial charge < -0.3 is 10.6 Å². The summed E-state index contributed by atoms with van der Waals surface area (Å²) in [5.41, 5.74) is 4.22. The fourth-order valence-corrected chi connectivity index (χ4v) is 2.94. The average molecular weight is 379 g/mol. The number of hydrogen-bond acceptors (Lipinski definition) is 4. The summed E-state index contributed by atoms with van der Waals surface area (Å²) in [7, 11) is 0. The maximum Gasteiger partial charge on any atom is 0.319 e. The van der Waals surface area contributed by atoms with Crippen LogP contribution in [0.4, 0.5) is 16.2 Å². The molecule has 0 fully saturated rings. The maximum atomic E-state index is 12.2. The van der Waals surface area contributed by atoms with Crippen LogP contribution in [0.1, 0.15) is 22.5 Å². The van der Waals surface area contributed by atoms with Crippen LogP contribution in [0, 0.1) is 24.0 Å². The normalized spacial score (nSPS) is 10.5. The van der Waals surface area contributed by atoms with Crippen molar-refractivity contribution in [2.24, 2.45) is 0 Å². The molecule has 0 unspecified atom stereocenters. The van der Waals surface area contributed by atoms with Crippen LogP contribution in [0.5, 0.6) is 0 Å². The van der Waals surface area contributed by atoms with Crippen molar-refractivity contribution in [3.05, 3.63) is 87.2 Å². The van der Waals surface area contributed by atoms with Gasteiger partial charge in [-0.3, -0.25) is 14.8 Å². The first-order chi connectivity index (χ1) is 13.4. The minimum Gasteiger partial charge on any atom is -0.334 e. The van der Waals surface area contributed by atoms with E-state index in [1.807, 2.05) is 48.9 Å². The Kier molecular flexibility index (Phi) is 5.69. The number of anilines is 1. The molecule has 0 radical (unpaired) electrons. The van der Waals surface area contributed by atoms with E-state index in [1.54, 1.807) is 6.07 Å². The van der Waals surface area contributed by atoms with Gasteiger partial charge in [-0.1, -0.05) is 36.4 Å². The second-order valence-electron chi connectivity index (χ2n) is 6.41. The summed E-state index contributed by atoms with van der Waals surface area (Å²) in [6.45, 7) is 4.85. The smallest absolute Gasteiger partial charge is 0.319 e. The van der Waals surface area contributed by atoms with Gasteiger partial charge in [-0.05, 0) is 25.5 Å². The second-order valence-corrected chi connectivity index (χ2v) is 6.41. The summed E-state index contributed by atoms with van der Waals surface area (Å²) in [6.07, 6.45) is 0. The van der Waals surface area contributed by atoms with Crippen molar-refractivity contribution >= 4 is 17.4 Å². The number of hydrogen-bond donors (Lipinski definition) is 2. The highest BCUT2D eigenvalue weighted by atomic mass is 16.6. The standard InChI is InChI=1S/C20H21N5O3/c1-14-19(15(2)24(23-14)13-16-7-4-3-5-8-16)12-21-20(26)22-17-9-6-10-18(11-17)25(27)28/h3-11H,12-13H2,1-2H3,(H2,21,22,26). The number of non-ortho nitro benzene ring substituents is 1. The Morgan fingerprint density at radius 2 is 1.89 bits per heavy atom. The molecular formula is C20H21N5O3. The lowest BCUT2D eigenvalue weighted by molar-refractivity contribution is -0.384. The van der Waals surface area contributed by atoms with Gasteiger partial charge in [-0.15, -0.1) is 0 Å². The zero-order chi connectivity index (χ0) is 20.1. The van der Waals surface area contributed by atoms with Crippen LogP contribution >= 0.6 is 0 Å². The van der Waals surface area contributed by atoms with Gasteiger partial charge in [-0.25, -0.2) is 4.79 Å². The number of nitro benzene ring substituents is 1. The Labute approximate surface area is 162 Å². The van der Waals surface area contributed by atoms with Gasteiger partial charge in [-0.2, -0.15) is 5.10 Å². The Bertz CT molecular complexity index is 998. The summed E-state index contributed by atoms with van der Waals surface area (Å²) in [5.74, 6) is 0. The Morgan fingerprint density at radius 3 is 2.61 bits per heavy atom. The van der Waals surface area contributed by atoms with Crippen molar-refractivity contribution in [2.75, 3.05) is 5.32 Å². The molecule has 0 aliphatic heterocycles. The van der Waals surface area contributed by atoms with Crippen molar-refractivity contribution in [1.29, 1.82) is 0 Å². The van der Waals surface area contributed by atoms with E-state index in [9.17, 15) is 14.9 Å². The van der Waals surface area contributed by atoms with Crippen molar-refractivity contribution in [3.63, 3.8) is 0 Å². The lowest BCUT2D eigenvalue weighted by Crippen LogP contribution is -2.28. The number of aromatic nitrogens is 2. The molecule has 28 heavy (non-hydrogen) atoms.